The lowest BCUT2D eigenvalue weighted by atomic mass is 9.87. The maximum atomic E-state index is 12.8. The van der Waals surface area contributed by atoms with Gasteiger partial charge in [-0.1, -0.05) is 32.9 Å². The van der Waals surface area contributed by atoms with Crippen molar-refractivity contribution in [2.75, 3.05) is 16.3 Å². The second kappa shape index (κ2) is 8.47. The highest BCUT2D eigenvalue weighted by molar-refractivity contribution is 7.85. The summed E-state index contributed by atoms with van der Waals surface area (Å²) in [5.74, 6) is -0.0784. The van der Waals surface area contributed by atoms with E-state index in [1.54, 1.807) is 22.4 Å². The van der Waals surface area contributed by atoms with Crippen molar-refractivity contribution >= 4 is 45.1 Å². The summed E-state index contributed by atoms with van der Waals surface area (Å²) in [5.41, 5.74) is 3.54. The number of carbonyl (C=O) groups is 2. The summed E-state index contributed by atoms with van der Waals surface area (Å²) in [5, 5.41) is 12.0. The van der Waals surface area contributed by atoms with Crippen LogP contribution in [0.4, 0.5) is 10.9 Å². The molecule has 2 aromatic heterocycles. The molecule has 0 bridgehead atoms. The number of nitrogens with one attached hydrogen (secondary N) is 3. The number of anilines is 2. The summed E-state index contributed by atoms with van der Waals surface area (Å²) < 4.78 is 14.0. The Bertz CT molecular complexity index is 1190. The van der Waals surface area contributed by atoms with Gasteiger partial charge in [-0.15, -0.1) is 11.3 Å². The standard InChI is InChI=1S/C21H24N6O3S2/c1-21(2,3)13-7-5-12(6-8-13)18(28)23-17-14-9-27(10-15(14)24-25-17)19(29)16-11-31-20(22-16)26-32(4)30/h5-8,11H,9-10H2,1-4H3,(H,22,26)(H2,23,24,25,28). The van der Waals surface area contributed by atoms with Crippen LogP contribution >= 0.6 is 11.3 Å². The lowest BCUT2D eigenvalue weighted by Crippen LogP contribution is -2.26. The molecular weight excluding hydrogens is 448 g/mol. The number of rotatable bonds is 5. The number of carbonyl (C=O) groups excluding carboxylic acids is 2. The Kier molecular flexibility index (Phi) is 5.87. The zero-order valence-corrected chi connectivity index (χ0v) is 19.8. The minimum absolute atomic E-state index is 0.00970. The van der Waals surface area contributed by atoms with Crippen LogP contribution in [0.2, 0.25) is 0 Å². The molecule has 9 nitrogen and oxygen atoms in total. The Labute approximate surface area is 192 Å². The molecule has 168 valence electrons. The quantitative estimate of drug-likeness (QED) is 0.526. The highest BCUT2D eigenvalue weighted by Crippen LogP contribution is 2.29. The average Bonchev–Trinajstić information content (AvgIpc) is 3.44. The Hall–Kier alpha value is -3.05. The molecule has 1 aromatic carbocycles. The smallest absolute Gasteiger partial charge is 0.274 e. The summed E-state index contributed by atoms with van der Waals surface area (Å²) in [7, 11) is -1.26. The van der Waals surface area contributed by atoms with Gasteiger partial charge >= 0.3 is 0 Å². The molecule has 0 saturated carbocycles. The highest BCUT2D eigenvalue weighted by Gasteiger charge is 2.30. The number of benzene rings is 1. The summed E-state index contributed by atoms with van der Waals surface area (Å²) in [6.07, 6.45) is 1.50. The van der Waals surface area contributed by atoms with Gasteiger partial charge in [0, 0.05) is 22.8 Å². The third-order valence-electron chi connectivity index (χ3n) is 5.14. The van der Waals surface area contributed by atoms with E-state index in [9.17, 15) is 13.8 Å². The molecule has 0 saturated heterocycles. The number of fused-ring (bicyclic) bond motifs is 1. The van der Waals surface area contributed by atoms with Crippen molar-refractivity contribution in [1.29, 1.82) is 0 Å². The van der Waals surface area contributed by atoms with E-state index in [1.807, 2.05) is 12.1 Å². The number of amides is 2. The second-order valence-corrected chi connectivity index (χ2v) is 10.5. The van der Waals surface area contributed by atoms with Crippen LogP contribution in [0.5, 0.6) is 0 Å². The van der Waals surface area contributed by atoms with Crippen molar-refractivity contribution in [2.24, 2.45) is 0 Å². The van der Waals surface area contributed by atoms with E-state index >= 15 is 0 Å². The maximum Gasteiger partial charge on any atom is 0.274 e. The summed E-state index contributed by atoms with van der Waals surface area (Å²) in [6, 6.07) is 7.51. The van der Waals surface area contributed by atoms with Gasteiger partial charge in [0.1, 0.15) is 16.7 Å². The SMILES string of the molecule is CS(=O)Nc1nc(C(=O)N2Cc3[nH]nc(NC(=O)c4ccc(C(C)(C)C)cc4)c3C2)cs1. The number of thiazole rings is 1. The molecule has 1 unspecified atom stereocenters. The molecule has 1 atom stereocenters. The molecule has 1 aliphatic heterocycles. The van der Waals surface area contributed by atoms with Crippen LogP contribution in [0, 0.1) is 0 Å². The van der Waals surface area contributed by atoms with Crippen LogP contribution in [0.1, 0.15) is 58.4 Å². The van der Waals surface area contributed by atoms with Crippen LogP contribution in [-0.4, -0.2) is 42.4 Å². The number of aromatic nitrogens is 3. The van der Waals surface area contributed by atoms with Gasteiger partial charge in [-0.05, 0) is 23.1 Å². The fourth-order valence-corrected chi connectivity index (χ4v) is 4.76. The molecule has 0 spiro atoms. The van der Waals surface area contributed by atoms with Crippen LogP contribution in [-0.2, 0) is 29.5 Å². The summed E-state index contributed by atoms with van der Waals surface area (Å²) in [4.78, 5) is 31.4. The second-order valence-electron chi connectivity index (χ2n) is 8.57. The predicted molar refractivity (Wildman–Crippen MR) is 125 cm³/mol. The molecule has 4 rings (SSSR count). The summed E-state index contributed by atoms with van der Waals surface area (Å²) >= 11 is 1.22. The zero-order valence-electron chi connectivity index (χ0n) is 18.2. The fraction of sp³-hybridized carbons (Fsp3) is 0.333. The van der Waals surface area contributed by atoms with E-state index in [0.717, 1.165) is 16.8 Å². The average molecular weight is 473 g/mol. The van der Waals surface area contributed by atoms with Crippen molar-refractivity contribution in [3.05, 3.63) is 57.7 Å². The van der Waals surface area contributed by atoms with E-state index in [1.165, 1.54) is 17.6 Å². The van der Waals surface area contributed by atoms with Crippen molar-refractivity contribution in [3.63, 3.8) is 0 Å². The molecule has 0 fully saturated rings. The van der Waals surface area contributed by atoms with Crippen LogP contribution in [0.15, 0.2) is 29.6 Å². The van der Waals surface area contributed by atoms with Gasteiger partial charge in [-0.25, -0.2) is 9.19 Å². The molecule has 0 aliphatic carbocycles. The number of H-pyrrole nitrogens is 1. The van der Waals surface area contributed by atoms with Crippen LogP contribution in [0.3, 0.4) is 0 Å². The maximum absolute atomic E-state index is 12.8. The monoisotopic (exact) mass is 472 g/mol. The van der Waals surface area contributed by atoms with Crippen molar-refractivity contribution in [2.45, 2.75) is 39.3 Å². The van der Waals surface area contributed by atoms with E-state index in [0.29, 0.717) is 29.6 Å². The van der Waals surface area contributed by atoms with Gasteiger partial charge in [-0.2, -0.15) is 5.10 Å². The predicted octanol–water partition coefficient (Wildman–Crippen LogP) is 3.28. The molecule has 3 aromatic rings. The molecule has 2 amide bonds. The van der Waals surface area contributed by atoms with Crippen LogP contribution in [0.25, 0.3) is 0 Å². The molecular formula is C21H24N6O3S2. The Balaban J connectivity index is 1.43. The lowest BCUT2D eigenvalue weighted by molar-refractivity contribution is 0.0744. The zero-order chi connectivity index (χ0) is 23.0. The molecule has 32 heavy (non-hydrogen) atoms. The number of hydrogen-bond acceptors (Lipinski definition) is 6. The van der Waals surface area contributed by atoms with E-state index in [2.05, 4.69) is 46.0 Å². The Morgan fingerprint density at radius 3 is 2.56 bits per heavy atom. The Morgan fingerprint density at radius 2 is 1.91 bits per heavy atom. The molecule has 0 radical (unpaired) electrons. The topological polar surface area (TPSA) is 120 Å². The van der Waals surface area contributed by atoms with Gasteiger partial charge in [0.15, 0.2) is 10.9 Å². The normalized spacial score (nSPS) is 14.2. The first-order chi connectivity index (χ1) is 15.1. The van der Waals surface area contributed by atoms with Crippen molar-refractivity contribution < 1.29 is 13.8 Å². The Morgan fingerprint density at radius 1 is 1.19 bits per heavy atom. The molecule has 11 heteroatoms. The fourth-order valence-electron chi connectivity index (χ4n) is 3.39. The third-order valence-corrected chi connectivity index (χ3v) is 6.51. The van der Waals surface area contributed by atoms with Gasteiger partial charge in [0.05, 0.1) is 18.8 Å². The lowest BCUT2D eigenvalue weighted by Gasteiger charge is -2.19. The highest BCUT2D eigenvalue weighted by atomic mass is 32.2. The van der Waals surface area contributed by atoms with E-state index < -0.39 is 11.0 Å². The van der Waals surface area contributed by atoms with Crippen molar-refractivity contribution in [1.82, 2.24) is 20.1 Å². The third kappa shape index (κ3) is 4.58. The van der Waals surface area contributed by atoms with Gasteiger partial charge < -0.3 is 10.2 Å². The minimum Gasteiger partial charge on any atom is -0.327 e. The first-order valence-corrected chi connectivity index (χ1v) is 12.4. The van der Waals surface area contributed by atoms with Crippen molar-refractivity contribution in [3.8, 4) is 0 Å². The van der Waals surface area contributed by atoms with Gasteiger partial charge in [0.2, 0.25) is 0 Å². The largest absolute Gasteiger partial charge is 0.327 e. The number of aromatic amines is 1. The van der Waals surface area contributed by atoms with Gasteiger partial charge in [0.25, 0.3) is 11.8 Å². The molecule has 3 heterocycles. The van der Waals surface area contributed by atoms with E-state index in [4.69, 9.17) is 0 Å². The first kappa shape index (κ1) is 22.2. The molecule has 3 N–H and O–H groups in total. The molecule has 1 aliphatic rings. The van der Waals surface area contributed by atoms with Gasteiger partial charge in [-0.3, -0.25) is 19.4 Å². The summed E-state index contributed by atoms with van der Waals surface area (Å²) in [6.45, 7) is 7.02. The number of nitrogens with zero attached hydrogens (tertiary/aromatic N) is 3. The van der Waals surface area contributed by atoms with E-state index in [-0.39, 0.29) is 22.9 Å². The minimum atomic E-state index is -1.26. The van der Waals surface area contributed by atoms with Crippen LogP contribution < -0.4 is 10.0 Å². The first-order valence-electron chi connectivity index (χ1n) is 9.94. The number of hydrogen-bond donors (Lipinski definition) is 3.